The van der Waals surface area contributed by atoms with Crippen molar-refractivity contribution in [3.8, 4) is 11.1 Å². The molecule has 0 saturated carbocycles. The summed E-state index contributed by atoms with van der Waals surface area (Å²) in [6.07, 6.45) is 14.9. The fraction of sp³-hybridized carbons (Fsp3) is 0.515. The van der Waals surface area contributed by atoms with Gasteiger partial charge >= 0.3 is 0 Å². The summed E-state index contributed by atoms with van der Waals surface area (Å²) < 4.78 is 0. The number of allylic oxidation sites excluding steroid dienone is 4. The largest absolute Gasteiger partial charge is 0.0859 e. The molecule has 178 valence electrons. The summed E-state index contributed by atoms with van der Waals surface area (Å²) in [5.41, 5.74) is 9.17. The van der Waals surface area contributed by atoms with Crippen LogP contribution in [0.3, 0.4) is 0 Å². The van der Waals surface area contributed by atoms with Gasteiger partial charge in [-0.3, -0.25) is 0 Å². The molecule has 0 amide bonds. The Morgan fingerprint density at radius 3 is 1.42 bits per heavy atom. The predicted octanol–water partition coefficient (Wildman–Crippen LogP) is 10.3. The summed E-state index contributed by atoms with van der Waals surface area (Å²) in [5, 5.41) is 0. The fourth-order valence-corrected chi connectivity index (χ4v) is 5.67. The van der Waals surface area contributed by atoms with Crippen LogP contribution in [0.2, 0.25) is 0 Å². The Hall–Kier alpha value is -2.08. The van der Waals surface area contributed by atoms with Crippen molar-refractivity contribution in [3.05, 3.63) is 83.0 Å². The third-order valence-corrected chi connectivity index (χ3v) is 7.73. The minimum absolute atomic E-state index is 0.169. The normalized spacial score (nSPS) is 15.3. The van der Waals surface area contributed by atoms with Crippen LogP contribution in [-0.4, -0.2) is 0 Å². The molecule has 0 spiro atoms. The molecule has 0 heterocycles. The summed E-state index contributed by atoms with van der Waals surface area (Å²) in [6.45, 7) is 13.8. The molecule has 0 aromatic heterocycles. The van der Waals surface area contributed by atoms with Crippen molar-refractivity contribution >= 4 is 0 Å². The fourth-order valence-electron chi connectivity index (χ4n) is 5.67. The van der Waals surface area contributed by atoms with Gasteiger partial charge in [0.05, 0.1) is 0 Å². The van der Waals surface area contributed by atoms with Crippen LogP contribution in [0.5, 0.6) is 0 Å². The van der Waals surface area contributed by atoms with Gasteiger partial charge in [0.1, 0.15) is 0 Å². The van der Waals surface area contributed by atoms with Crippen LogP contribution < -0.4 is 0 Å². The van der Waals surface area contributed by atoms with Crippen LogP contribution in [0.4, 0.5) is 0 Å². The van der Waals surface area contributed by atoms with Crippen LogP contribution in [0.15, 0.2) is 71.8 Å². The van der Waals surface area contributed by atoms with E-state index in [0.717, 1.165) is 11.8 Å². The molecular weight excluding hydrogens is 396 g/mol. The SMILES string of the molecule is CC(C)=CCC[C@H](C)CCC1(CC[C@@H](C)CCC=C(C)C)c2ccccc2-c2ccccc21. The Morgan fingerprint density at radius 2 is 1.03 bits per heavy atom. The highest BCUT2D eigenvalue weighted by Crippen LogP contribution is 2.54. The Kier molecular flexibility index (Phi) is 9.19. The van der Waals surface area contributed by atoms with Gasteiger partial charge in [-0.05, 0) is 113 Å². The number of fused-ring (bicyclic) bond motifs is 3. The highest BCUT2D eigenvalue weighted by atomic mass is 14.4. The van der Waals surface area contributed by atoms with Crippen molar-refractivity contribution in [2.75, 3.05) is 0 Å². The van der Waals surface area contributed by atoms with Gasteiger partial charge in [0, 0.05) is 5.41 Å². The monoisotopic (exact) mass is 442 g/mol. The first kappa shape index (κ1) is 25.5. The van der Waals surface area contributed by atoms with Crippen LogP contribution >= 0.6 is 0 Å². The maximum absolute atomic E-state index is 2.46. The van der Waals surface area contributed by atoms with E-state index in [2.05, 4.69) is 102 Å². The van der Waals surface area contributed by atoms with E-state index in [4.69, 9.17) is 0 Å². The molecule has 1 aliphatic rings. The predicted molar refractivity (Wildman–Crippen MR) is 147 cm³/mol. The molecule has 0 heteroatoms. The van der Waals surface area contributed by atoms with Crippen molar-refractivity contribution in [1.82, 2.24) is 0 Å². The summed E-state index contributed by atoms with van der Waals surface area (Å²) in [5.74, 6) is 1.51. The minimum Gasteiger partial charge on any atom is -0.0859 e. The molecule has 0 radical (unpaired) electrons. The first-order chi connectivity index (χ1) is 15.8. The molecule has 0 bridgehead atoms. The molecule has 0 fully saturated rings. The summed E-state index contributed by atoms with van der Waals surface area (Å²) in [6, 6.07) is 18.5. The van der Waals surface area contributed by atoms with Crippen LogP contribution in [0.25, 0.3) is 11.1 Å². The van der Waals surface area contributed by atoms with E-state index in [9.17, 15) is 0 Å². The van der Waals surface area contributed by atoms with Crippen molar-refractivity contribution in [2.45, 2.75) is 98.3 Å². The molecule has 1 aliphatic carbocycles. The van der Waals surface area contributed by atoms with Crippen molar-refractivity contribution in [2.24, 2.45) is 11.8 Å². The van der Waals surface area contributed by atoms with E-state index in [-0.39, 0.29) is 5.41 Å². The second-order valence-corrected chi connectivity index (χ2v) is 11.2. The smallest absolute Gasteiger partial charge is 0.0215 e. The average Bonchev–Trinajstić information content (AvgIpc) is 3.06. The molecule has 2 aromatic carbocycles. The van der Waals surface area contributed by atoms with Crippen LogP contribution in [0, 0.1) is 11.8 Å². The van der Waals surface area contributed by atoms with Gasteiger partial charge in [0.25, 0.3) is 0 Å². The zero-order valence-corrected chi connectivity index (χ0v) is 22.1. The topological polar surface area (TPSA) is 0 Å². The maximum atomic E-state index is 2.46. The molecule has 0 saturated heterocycles. The summed E-state index contributed by atoms with van der Waals surface area (Å²) >= 11 is 0. The Labute approximate surface area is 204 Å². The molecule has 2 atom stereocenters. The van der Waals surface area contributed by atoms with Gasteiger partial charge in [0.2, 0.25) is 0 Å². The third-order valence-electron chi connectivity index (χ3n) is 7.73. The lowest BCUT2D eigenvalue weighted by molar-refractivity contribution is 0.339. The third kappa shape index (κ3) is 6.50. The van der Waals surface area contributed by atoms with E-state index < -0.39 is 0 Å². The number of hydrogen-bond acceptors (Lipinski definition) is 0. The Balaban J connectivity index is 1.83. The van der Waals surface area contributed by atoms with E-state index >= 15 is 0 Å². The zero-order chi connectivity index (χ0) is 23.8. The number of hydrogen-bond donors (Lipinski definition) is 0. The van der Waals surface area contributed by atoms with Crippen LogP contribution in [-0.2, 0) is 5.41 Å². The standard InChI is InChI=1S/C33H46/c1-25(2)13-11-15-27(5)21-23-33(24-22-28(6)16-12-14-26(3)4)31-19-9-7-17-29(31)30-18-8-10-20-32(30)33/h7-10,13-14,17-20,27-28H,11-12,15-16,21-24H2,1-6H3/t27-,28-/m0/s1. The molecule has 3 rings (SSSR count). The van der Waals surface area contributed by atoms with Gasteiger partial charge in [-0.15, -0.1) is 0 Å². The van der Waals surface area contributed by atoms with Gasteiger partial charge in [0.15, 0.2) is 0 Å². The second-order valence-electron chi connectivity index (χ2n) is 11.2. The van der Waals surface area contributed by atoms with Gasteiger partial charge < -0.3 is 0 Å². The summed E-state index contributed by atoms with van der Waals surface area (Å²) in [7, 11) is 0. The Bertz CT molecular complexity index is 870. The number of rotatable bonds is 12. The van der Waals surface area contributed by atoms with E-state index in [1.807, 2.05) is 0 Å². The molecule has 0 unspecified atom stereocenters. The van der Waals surface area contributed by atoms with Gasteiger partial charge in [-0.25, -0.2) is 0 Å². The van der Waals surface area contributed by atoms with Gasteiger partial charge in [-0.2, -0.15) is 0 Å². The molecule has 0 N–H and O–H groups in total. The lowest BCUT2D eigenvalue weighted by Crippen LogP contribution is -2.27. The van der Waals surface area contributed by atoms with Gasteiger partial charge in [-0.1, -0.05) is 85.7 Å². The van der Waals surface area contributed by atoms with E-state index in [1.54, 1.807) is 11.1 Å². The van der Waals surface area contributed by atoms with Crippen LogP contribution in [0.1, 0.15) is 104 Å². The first-order valence-electron chi connectivity index (χ1n) is 13.3. The minimum atomic E-state index is 0.169. The molecule has 0 nitrogen and oxygen atoms in total. The Morgan fingerprint density at radius 1 is 0.636 bits per heavy atom. The lowest BCUT2D eigenvalue weighted by atomic mass is 9.69. The second kappa shape index (κ2) is 11.9. The van der Waals surface area contributed by atoms with Crippen molar-refractivity contribution in [1.29, 1.82) is 0 Å². The lowest BCUT2D eigenvalue weighted by Gasteiger charge is -2.34. The quantitative estimate of drug-likeness (QED) is 0.287. The van der Waals surface area contributed by atoms with Crippen molar-refractivity contribution < 1.29 is 0 Å². The summed E-state index contributed by atoms with van der Waals surface area (Å²) in [4.78, 5) is 0. The molecule has 0 aliphatic heterocycles. The first-order valence-corrected chi connectivity index (χ1v) is 13.3. The highest BCUT2D eigenvalue weighted by Gasteiger charge is 2.42. The van der Waals surface area contributed by atoms with E-state index in [0.29, 0.717) is 0 Å². The molecule has 2 aromatic rings. The number of benzene rings is 2. The molecule has 33 heavy (non-hydrogen) atoms. The maximum Gasteiger partial charge on any atom is 0.0215 e. The molecular formula is C33H46. The average molecular weight is 443 g/mol. The zero-order valence-electron chi connectivity index (χ0n) is 22.1. The van der Waals surface area contributed by atoms with E-state index in [1.165, 1.54) is 73.6 Å². The van der Waals surface area contributed by atoms with Crippen molar-refractivity contribution in [3.63, 3.8) is 0 Å². The highest BCUT2D eigenvalue weighted by molar-refractivity contribution is 5.80.